The Kier molecular flexibility index (Phi) is 6.81. The number of hydrogen-bond donors (Lipinski definition) is 3. The second-order valence-electron chi connectivity index (χ2n) is 7.00. The molecule has 6 nitrogen and oxygen atoms in total. The topological polar surface area (TPSA) is 65.9 Å². The Morgan fingerprint density at radius 1 is 1.11 bits per heavy atom. The molecule has 146 valence electrons. The van der Waals surface area contributed by atoms with E-state index in [1.165, 1.54) is 15.5 Å². The molecule has 1 atom stereocenters. The van der Waals surface area contributed by atoms with Crippen LogP contribution in [0.25, 0.3) is 5.70 Å². The van der Waals surface area contributed by atoms with Gasteiger partial charge in [0, 0.05) is 12.0 Å². The summed E-state index contributed by atoms with van der Waals surface area (Å²) in [4.78, 5) is 25.7. The van der Waals surface area contributed by atoms with Crippen LogP contribution in [0.1, 0.15) is 17.5 Å². The van der Waals surface area contributed by atoms with Gasteiger partial charge >= 0.3 is 0 Å². The largest absolute Gasteiger partial charge is 0.349 e. The van der Waals surface area contributed by atoms with E-state index in [2.05, 4.69) is 29.9 Å². The molecule has 1 aliphatic rings. The van der Waals surface area contributed by atoms with Crippen molar-refractivity contribution in [2.24, 2.45) is 0 Å². The zero-order valence-corrected chi connectivity index (χ0v) is 16.2. The van der Waals surface area contributed by atoms with E-state index in [1.54, 1.807) is 0 Å². The third kappa shape index (κ3) is 5.69. The number of hydrogen-bond acceptors (Lipinski definition) is 3. The van der Waals surface area contributed by atoms with Crippen molar-refractivity contribution in [3.05, 3.63) is 77.9 Å². The Morgan fingerprint density at radius 2 is 1.79 bits per heavy atom. The van der Waals surface area contributed by atoms with E-state index in [0.717, 1.165) is 24.4 Å². The second kappa shape index (κ2) is 9.71. The van der Waals surface area contributed by atoms with Gasteiger partial charge in [-0.2, -0.15) is 0 Å². The monoisotopic (exact) mass is 379 g/mol. The summed E-state index contributed by atoms with van der Waals surface area (Å²) in [6, 6.07) is 20.1. The summed E-state index contributed by atoms with van der Waals surface area (Å²) < 4.78 is 0. The fourth-order valence-corrected chi connectivity index (χ4v) is 3.13. The summed E-state index contributed by atoms with van der Waals surface area (Å²) in [6.45, 7) is 2.30. The zero-order valence-electron chi connectivity index (χ0n) is 16.2. The molecule has 3 rings (SSSR count). The summed E-state index contributed by atoms with van der Waals surface area (Å²) in [5.41, 5.74) is 6.17. The first-order chi connectivity index (χ1) is 13.6. The maximum atomic E-state index is 12.3. The average molecular weight is 379 g/mol. The highest BCUT2D eigenvalue weighted by molar-refractivity contribution is 5.88. The molecule has 1 unspecified atom stereocenters. The van der Waals surface area contributed by atoms with Crippen LogP contribution in [-0.2, 0) is 16.1 Å². The number of hydrazine groups is 1. The first kappa shape index (κ1) is 19.6. The number of rotatable bonds is 8. The number of nitrogens with zero attached hydrogens (tertiary/aromatic N) is 1. The Bertz CT molecular complexity index is 821. The van der Waals surface area contributed by atoms with Crippen molar-refractivity contribution in [3.8, 4) is 0 Å². The third-order valence-corrected chi connectivity index (χ3v) is 4.65. The van der Waals surface area contributed by atoms with Crippen LogP contribution in [0.5, 0.6) is 0 Å². The molecule has 2 amide bonds. The summed E-state index contributed by atoms with van der Waals surface area (Å²) in [5, 5.41) is 4.30. The van der Waals surface area contributed by atoms with Crippen LogP contribution in [0.3, 0.4) is 0 Å². The first-order valence-corrected chi connectivity index (χ1v) is 9.56. The van der Waals surface area contributed by atoms with Crippen LogP contribution in [0, 0.1) is 0 Å². The molecule has 1 heterocycles. The Labute approximate surface area is 165 Å². The molecule has 0 radical (unpaired) electrons. The highest BCUT2D eigenvalue weighted by Crippen LogP contribution is 2.16. The number of likely N-dealkylation sites (N-methyl/N-ethyl adjacent to an activating group) is 1. The fraction of sp³-hybridized carbons (Fsp3) is 0.273. The normalized spacial score (nSPS) is 14.8. The van der Waals surface area contributed by atoms with Gasteiger partial charge < -0.3 is 10.2 Å². The molecule has 2 aromatic carbocycles. The molecule has 1 aliphatic heterocycles. The lowest BCUT2D eigenvalue weighted by atomic mass is 10.1. The van der Waals surface area contributed by atoms with Gasteiger partial charge in [-0.1, -0.05) is 60.7 Å². The average Bonchev–Trinajstić information content (AvgIpc) is 2.71. The standard InChI is InChI=1S/C22H26N4O2/c1-25(16-18-8-4-2-5-9-18)15-14-23-21(27)17-26-22(28)13-12-20(24-26)19-10-6-3-7-11-19/h2-12,24H,13-17H2,1H3,(H,23,27)/p+1. The van der Waals surface area contributed by atoms with Gasteiger partial charge in [0.15, 0.2) is 0 Å². The van der Waals surface area contributed by atoms with Crippen molar-refractivity contribution < 1.29 is 14.5 Å². The van der Waals surface area contributed by atoms with Gasteiger partial charge in [-0.3, -0.25) is 15.0 Å². The van der Waals surface area contributed by atoms with Crippen LogP contribution >= 0.6 is 0 Å². The van der Waals surface area contributed by atoms with E-state index in [9.17, 15) is 9.59 Å². The summed E-state index contributed by atoms with van der Waals surface area (Å²) in [5.74, 6) is -0.274. The van der Waals surface area contributed by atoms with Crippen molar-refractivity contribution in [3.63, 3.8) is 0 Å². The van der Waals surface area contributed by atoms with Crippen molar-refractivity contribution in [1.82, 2.24) is 15.8 Å². The SMILES string of the molecule is C[NH+](CCNC(=O)CN1NC(c2ccccc2)=CCC1=O)Cc1ccccc1. The van der Waals surface area contributed by atoms with E-state index >= 15 is 0 Å². The lowest BCUT2D eigenvalue weighted by Crippen LogP contribution is -3.08. The molecule has 2 aromatic rings. The molecule has 0 spiro atoms. The third-order valence-electron chi connectivity index (χ3n) is 4.65. The minimum absolute atomic E-state index is 0.000734. The Hall–Kier alpha value is -3.12. The number of carbonyl (C=O) groups excluding carboxylic acids is 2. The molecule has 6 heteroatoms. The predicted molar refractivity (Wildman–Crippen MR) is 109 cm³/mol. The van der Waals surface area contributed by atoms with Crippen LogP contribution in [0.4, 0.5) is 0 Å². The summed E-state index contributed by atoms with van der Waals surface area (Å²) >= 11 is 0. The first-order valence-electron chi connectivity index (χ1n) is 9.56. The van der Waals surface area contributed by atoms with Crippen molar-refractivity contribution in [2.75, 3.05) is 26.7 Å². The highest BCUT2D eigenvalue weighted by atomic mass is 16.2. The molecular formula is C22H27N4O2+. The van der Waals surface area contributed by atoms with E-state index in [4.69, 9.17) is 0 Å². The minimum Gasteiger partial charge on any atom is -0.349 e. The number of nitrogens with one attached hydrogen (secondary N) is 3. The van der Waals surface area contributed by atoms with Crippen LogP contribution in [-0.4, -0.2) is 43.5 Å². The quantitative estimate of drug-likeness (QED) is 0.629. The molecule has 28 heavy (non-hydrogen) atoms. The molecule has 0 aromatic heterocycles. The zero-order chi connectivity index (χ0) is 19.8. The number of amides is 2. The van der Waals surface area contributed by atoms with Gasteiger partial charge in [-0.15, -0.1) is 0 Å². The maximum absolute atomic E-state index is 12.3. The van der Waals surface area contributed by atoms with Crippen molar-refractivity contribution in [1.29, 1.82) is 0 Å². The number of benzene rings is 2. The van der Waals surface area contributed by atoms with Crippen LogP contribution in [0.2, 0.25) is 0 Å². The summed E-state index contributed by atoms with van der Waals surface area (Å²) in [7, 11) is 2.10. The second-order valence-corrected chi connectivity index (χ2v) is 7.00. The van der Waals surface area contributed by atoms with Crippen molar-refractivity contribution in [2.45, 2.75) is 13.0 Å². The highest BCUT2D eigenvalue weighted by Gasteiger charge is 2.22. The molecule has 0 aliphatic carbocycles. The van der Waals surface area contributed by atoms with Crippen molar-refractivity contribution >= 4 is 17.5 Å². The molecule has 0 fully saturated rings. The van der Waals surface area contributed by atoms with Gasteiger partial charge in [-0.05, 0) is 11.6 Å². The van der Waals surface area contributed by atoms with E-state index in [-0.39, 0.29) is 24.8 Å². The van der Waals surface area contributed by atoms with Crippen LogP contribution in [0.15, 0.2) is 66.7 Å². The van der Waals surface area contributed by atoms with E-state index < -0.39 is 0 Å². The fourth-order valence-electron chi connectivity index (χ4n) is 3.13. The maximum Gasteiger partial charge on any atom is 0.245 e. The van der Waals surface area contributed by atoms with Gasteiger partial charge in [0.1, 0.15) is 13.1 Å². The summed E-state index contributed by atoms with van der Waals surface area (Å²) in [6.07, 6.45) is 2.14. The predicted octanol–water partition coefficient (Wildman–Crippen LogP) is 0.596. The number of carbonyl (C=O) groups is 2. The number of quaternary nitrogens is 1. The smallest absolute Gasteiger partial charge is 0.245 e. The van der Waals surface area contributed by atoms with Crippen LogP contribution < -0.4 is 15.6 Å². The lowest BCUT2D eigenvalue weighted by Gasteiger charge is -2.28. The molecular weight excluding hydrogens is 352 g/mol. The Morgan fingerprint density at radius 3 is 2.50 bits per heavy atom. The molecule has 3 N–H and O–H groups in total. The van der Waals surface area contributed by atoms with Gasteiger partial charge in [0.25, 0.3) is 0 Å². The van der Waals surface area contributed by atoms with Gasteiger partial charge in [0.05, 0.1) is 25.8 Å². The lowest BCUT2D eigenvalue weighted by molar-refractivity contribution is -0.892. The molecule has 0 bridgehead atoms. The Balaban J connectivity index is 1.43. The molecule has 0 saturated carbocycles. The minimum atomic E-state index is -0.164. The van der Waals surface area contributed by atoms with E-state index in [1.807, 2.05) is 54.6 Å². The van der Waals surface area contributed by atoms with Gasteiger partial charge in [-0.25, -0.2) is 5.01 Å². The molecule has 0 saturated heterocycles. The van der Waals surface area contributed by atoms with Gasteiger partial charge in [0.2, 0.25) is 11.8 Å². The van der Waals surface area contributed by atoms with E-state index in [0.29, 0.717) is 6.54 Å².